The highest BCUT2D eigenvalue weighted by Gasteiger charge is 2.39. The molecule has 4 N–H and O–H groups in total. The third kappa shape index (κ3) is 2.00. The van der Waals surface area contributed by atoms with Gasteiger partial charge in [0.25, 0.3) is 0 Å². The number of hydrogen-bond acceptors (Lipinski definition) is 3. The van der Waals surface area contributed by atoms with Gasteiger partial charge in [0.05, 0.1) is 22.8 Å². The molecule has 19 heavy (non-hydrogen) atoms. The number of hydrogen-bond donors (Lipinski definition) is 3. The van der Waals surface area contributed by atoms with Gasteiger partial charge in [-0.3, -0.25) is 9.89 Å². The molecule has 0 atom stereocenters. The summed E-state index contributed by atoms with van der Waals surface area (Å²) in [4.78, 5) is 12.5. The Kier molecular flexibility index (Phi) is 2.98. The standard InChI is InChI=1S/C14H18N4O/c15-9-14(6-1-2-7-14)13(19)17-11-4-3-5-12-10(11)8-16-18-12/h3-5,8H,1-2,6-7,9,15H2,(H,16,18)(H,17,19). The molecule has 2 aromatic rings. The van der Waals surface area contributed by atoms with E-state index < -0.39 is 0 Å². The number of aromatic amines is 1. The molecule has 1 amide bonds. The molecule has 0 radical (unpaired) electrons. The summed E-state index contributed by atoms with van der Waals surface area (Å²) in [5.74, 6) is 0.0428. The highest BCUT2D eigenvalue weighted by molar-refractivity contribution is 6.03. The fourth-order valence-corrected chi connectivity index (χ4v) is 2.91. The van der Waals surface area contributed by atoms with Crippen LogP contribution in [0.4, 0.5) is 5.69 Å². The zero-order valence-electron chi connectivity index (χ0n) is 10.8. The minimum atomic E-state index is -0.383. The summed E-state index contributed by atoms with van der Waals surface area (Å²) >= 11 is 0. The van der Waals surface area contributed by atoms with Crippen molar-refractivity contribution in [1.82, 2.24) is 10.2 Å². The Labute approximate surface area is 111 Å². The normalized spacial score (nSPS) is 17.7. The van der Waals surface area contributed by atoms with E-state index in [4.69, 9.17) is 5.73 Å². The van der Waals surface area contributed by atoms with Crippen molar-refractivity contribution in [2.45, 2.75) is 25.7 Å². The smallest absolute Gasteiger partial charge is 0.231 e. The lowest BCUT2D eigenvalue weighted by molar-refractivity contribution is -0.124. The van der Waals surface area contributed by atoms with Gasteiger partial charge in [-0.15, -0.1) is 0 Å². The number of amides is 1. The van der Waals surface area contributed by atoms with Crippen LogP contribution in [0.15, 0.2) is 24.4 Å². The maximum absolute atomic E-state index is 12.5. The van der Waals surface area contributed by atoms with Gasteiger partial charge in [-0.2, -0.15) is 5.10 Å². The Morgan fingerprint density at radius 2 is 2.21 bits per heavy atom. The van der Waals surface area contributed by atoms with Gasteiger partial charge in [0.15, 0.2) is 0 Å². The first-order valence-electron chi connectivity index (χ1n) is 6.69. The monoisotopic (exact) mass is 258 g/mol. The maximum Gasteiger partial charge on any atom is 0.231 e. The van der Waals surface area contributed by atoms with Gasteiger partial charge < -0.3 is 11.1 Å². The van der Waals surface area contributed by atoms with Gasteiger partial charge in [0.2, 0.25) is 5.91 Å². The molecule has 1 aromatic carbocycles. The van der Waals surface area contributed by atoms with Gasteiger partial charge in [0, 0.05) is 11.9 Å². The SMILES string of the molecule is NCC1(C(=O)Nc2cccc3[nH]ncc23)CCCC1. The zero-order valence-corrected chi connectivity index (χ0v) is 10.8. The fraction of sp³-hybridized carbons (Fsp3) is 0.429. The Hall–Kier alpha value is -1.88. The molecule has 100 valence electrons. The van der Waals surface area contributed by atoms with Crippen molar-refractivity contribution in [2.75, 3.05) is 11.9 Å². The highest BCUT2D eigenvalue weighted by atomic mass is 16.2. The van der Waals surface area contributed by atoms with Crippen LogP contribution in [0.3, 0.4) is 0 Å². The second-order valence-electron chi connectivity index (χ2n) is 5.28. The Morgan fingerprint density at radius 1 is 1.42 bits per heavy atom. The highest BCUT2D eigenvalue weighted by Crippen LogP contribution is 2.38. The van der Waals surface area contributed by atoms with E-state index in [1.165, 1.54) is 0 Å². The average Bonchev–Trinajstić information content (AvgIpc) is 3.08. The molecule has 0 spiro atoms. The molecule has 0 saturated heterocycles. The van der Waals surface area contributed by atoms with E-state index in [1.807, 2.05) is 18.2 Å². The summed E-state index contributed by atoms with van der Waals surface area (Å²) < 4.78 is 0. The first kappa shape index (κ1) is 12.2. The molecule has 1 fully saturated rings. The molecule has 1 aliphatic rings. The topological polar surface area (TPSA) is 83.8 Å². The van der Waals surface area contributed by atoms with Gasteiger partial charge >= 0.3 is 0 Å². The molecule has 5 nitrogen and oxygen atoms in total. The van der Waals surface area contributed by atoms with Gasteiger partial charge in [-0.25, -0.2) is 0 Å². The largest absolute Gasteiger partial charge is 0.329 e. The number of rotatable bonds is 3. The van der Waals surface area contributed by atoms with E-state index in [2.05, 4.69) is 15.5 Å². The predicted molar refractivity (Wildman–Crippen MR) is 74.7 cm³/mol. The minimum absolute atomic E-state index is 0.0428. The Morgan fingerprint density at radius 3 is 2.95 bits per heavy atom. The van der Waals surface area contributed by atoms with Gasteiger partial charge in [0.1, 0.15) is 0 Å². The number of nitrogens with one attached hydrogen (secondary N) is 2. The van der Waals surface area contributed by atoms with Crippen LogP contribution >= 0.6 is 0 Å². The Bertz CT molecular complexity index is 598. The number of H-pyrrole nitrogens is 1. The van der Waals surface area contributed by atoms with Crippen LogP contribution in [0, 0.1) is 5.41 Å². The van der Waals surface area contributed by atoms with Crippen molar-refractivity contribution in [3.05, 3.63) is 24.4 Å². The van der Waals surface area contributed by atoms with Crippen LogP contribution in [0.25, 0.3) is 10.9 Å². The number of nitrogens with two attached hydrogens (primary N) is 1. The zero-order chi connectivity index (χ0) is 13.3. The summed E-state index contributed by atoms with van der Waals surface area (Å²) in [5, 5.41) is 10.9. The van der Waals surface area contributed by atoms with Crippen molar-refractivity contribution < 1.29 is 4.79 Å². The van der Waals surface area contributed by atoms with E-state index in [-0.39, 0.29) is 11.3 Å². The summed E-state index contributed by atoms with van der Waals surface area (Å²) in [6, 6.07) is 5.74. The van der Waals surface area contributed by atoms with Crippen LogP contribution in [0.2, 0.25) is 0 Å². The van der Waals surface area contributed by atoms with Crippen LogP contribution < -0.4 is 11.1 Å². The van der Waals surface area contributed by atoms with Gasteiger partial charge in [-0.05, 0) is 25.0 Å². The molecular weight excluding hydrogens is 240 g/mol. The second kappa shape index (κ2) is 4.66. The van der Waals surface area contributed by atoms with Crippen molar-refractivity contribution in [3.63, 3.8) is 0 Å². The number of carbonyl (C=O) groups excluding carboxylic acids is 1. The number of nitrogens with zero attached hydrogens (tertiary/aromatic N) is 1. The summed E-state index contributed by atoms with van der Waals surface area (Å²) in [5.41, 5.74) is 7.18. The molecule has 1 aromatic heterocycles. The van der Waals surface area contributed by atoms with Crippen molar-refractivity contribution >= 4 is 22.5 Å². The Balaban J connectivity index is 1.88. The molecule has 3 rings (SSSR count). The molecular formula is C14H18N4O. The number of aromatic nitrogens is 2. The second-order valence-corrected chi connectivity index (χ2v) is 5.28. The number of anilines is 1. The molecule has 1 heterocycles. The van der Waals surface area contributed by atoms with Crippen LogP contribution in [-0.2, 0) is 4.79 Å². The average molecular weight is 258 g/mol. The summed E-state index contributed by atoms with van der Waals surface area (Å²) in [6.45, 7) is 0.417. The van der Waals surface area contributed by atoms with E-state index in [0.29, 0.717) is 6.54 Å². The minimum Gasteiger partial charge on any atom is -0.329 e. The lowest BCUT2D eigenvalue weighted by Gasteiger charge is -2.25. The number of carbonyl (C=O) groups is 1. The van der Waals surface area contributed by atoms with E-state index in [0.717, 1.165) is 42.3 Å². The number of benzene rings is 1. The summed E-state index contributed by atoms with van der Waals surface area (Å²) in [6.07, 6.45) is 5.67. The lowest BCUT2D eigenvalue weighted by atomic mass is 9.85. The molecule has 5 heteroatoms. The molecule has 1 aliphatic carbocycles. The lowest BCUT2D eigenvalue weighted by Crippen LogP contribution is -2.40. The van der Waals surface area contributed by atoms with Crippen molar-refractivity contribution in [2.24, 2.45) is 11.1 Å². The fourth-order valence-electron chi connectivity index (χ4n) is 2.91. The third-order valence-electron chi connectivity index (χ3n) is 4.17. The van der Waals surface area contributed by atoms with Crippen LogP contribution in [0.5, 0.6) is 0 Å². The van der Waals surface area contributed by atoms with Crippen LogP contribution in [0.1, 0.15) is 25.7 Å². The summed E-state index contributed by atoms with van der Waals surface area (Å²) in [7, 11) is 0. The molecule has 0 unspecified atom stereocenters. The third-order valence-corrected chi connectivity index (χ3v) is 4.17. The number of fused-ring (bicyclic) bond motifs is 1. The molecule has 0 bridgehead atoms. The first-order chi connectivity index (χ1) is 9.25. The van der Waals surface area contributed by atoms with E-state index in [9.17, 15) is 4.79 Å². The van der Waals surface area contributed by atoms with Gasteiger partial charge in [-0.1, -0.05) is 18.9 Å². The van der Waals surface area contributed by atoms with Crippen molar-refractivity contribution in [3.8, 4) is 0 Å². The van der Waals surface area contributed by atoms with E-state index >= 15 is 0 Å². The predicted octanol–water partition coefficient (Wildman–Crippen LogP) is 2.02. The molecule has 1 saturated carbocycles. The van der Waals surface area contributed by atoms with E-state index in [1.54, 1.807) is 6.20 Å². The first-order valence-corrected chi connectivity index (χ1v) is 6.69. The quantitative estimate of drug-likeness (QED) is 0.787. The van der Waals surface area contributed by atoms with Crippen molar-refractivity contribution in [1.29, 1.82) is 0 Å². The van der Waals surface area contributed by atoms with Crippen LogP contribution in [-0.4, -0.2) is 22.6 Å². The molecule has 0 aliphatic heterocycles. The maximum atomic E-state index is 12.5.